The van der Waals surface area contributed by atoms with Crippen LogP contribution in [0.5, 0.6) is 0 Å². The Bertz CT molecular complexity index is 1010. The molecule has 0 saturated carbocycles. The van der Waals surface area contributed by atoms with E-state index in [4.69, 9.17) is 0 Å². The van der Waals surface area contributed by atoms with Crippen molar-refractivity contribution >= 4 is 32.9 Å². The van der Waals surface area contributed by atoms with E-state index in [1.807, 2.05) is 4.13 Å². The molecule has 1 aromatic carbocycles. The van der Waals surface area contributed by atoms with Crippen LogP contribution in [0.1, 0.15) is 32.1 Å². The van der Waals surface area contributed by atoms with Gasteiger partial charge in [-0.05, 0) is 44.2 Å². The van der Waals surface area contributed by atoms with E-state index in [9.17, 15) is 48.6 Å². The largest absolute Gasteiger partial charge is 0.490 e. The predicted octanol–water partition coefficient (Wildman–Crippen LogP) is 3.71. The third kappa shape index (κ3) is 12.0. The Hall–Kier alpha value is -2.46. The van der Waals surface area contributed by atoms with E-state index in [0.717, 1.165) is 0 Å². The summed E-state index contributed by atoms with van der Waals surface area (Å²) in [6.07, 6.45) is -7.40. The molecule has 0 aliphatic rings. The topological polar surface area (TPSA) is 116 Å². The number of benzene rings is 1. The summed E-state index contributed by atoms with van der Waals surface area (Å²) in [4.78, 5) is 21.2. The zero-order valence-corrected chi connectivity index (χ0v) is 20.1. The molecule has 0 fully saturated rings. The SMILES string of the molecule is O=C(OCCC/C=C/[C@@H](CCCCOC(=O)C(F)(F)F)S(=O)NS(=O)(=O)c1ccccc1)C(F)(F)F. The highest BCUT2D eigenvalue weighted by atomic mass is 32.3. The van der Waals surface area contributed by atoms with Gasteiger partial charge in [-0.25, -0.2) is 22.2 Å². The van der Waals surface area contributed by atoms with Crippen LogP contribution in [0.25, 0.3) is 0 Å². The van der Waals surface area contributed by atoms with Crippen LogP contribution in [0.15, 0.2) is 47.4 Å². The monoisotopic (exact) mass is 567 g/mol. The maximum atomic E-state index is 12.7. The Kier molecular flexibility index (Phi) is 12.6. The molecule has 0 amide bonds. The summed E-state index contributed by atoms with van der Waals surface area (Å²) in [7, 11) is -6.40. The van der Waals surface area contributed by atoms with Crippen LogP contribution in [-0.2, 0) is 40.1 Å². The number of halogens is 6. The number of esters is 2. The summed E-state index contributed by atoms with van der Waals surface area (Å²) in [6.45, 7) is -1.11. The van der Waals surface area contributed by atoms with Gasteiger partial charge in [-0.2, -0.15) is 26.3 Å². The van der Waals surface area contributed by atoms with Crippen molar-refractivity contribution in [3.63, 3.8) is 0 Å². The molecule has 0 aromatic heterocycles. The van der Waals surface area contributed by atoms with Crippen LogP contribution in [0.4, 0.5) is 26.3 Å². The number of sulfonamides is 1. The molecule has 2 atom stereocenters. The number of carbonyl (C=O) groups excluding carboxylic acids is 2. The Morgan fingerprint density at radius 1 is 0.917 bits per heavy atom. The summed E-state index contributed by atoms with van der Waals surface area (Å²) in [5, 5.41) is -0.973. The number of unbranched alkanes of at least 4 members (excludes halogenated alkanes) is 2. The summed E-state index contributed by atoms with van der Waals surface area (Å²) >= 11 is 0. The van der Waals surface area contributed by atoms with E-state index in [-0.39, 0.29) is 37.0 Å². The lowest BCUT2D eigenvalue weighted by Gasteiger charge is -2.14. The first kappa shape index (κ1) is 31.6. The first-order valence-corrected chi connectivity index (χ1v) is 13.0. The van der Waals surface area contributed by atoms with Gasteiger partial charge in [-0.3, -0.25) is 0 Å². The van der Waals surface area contributed by atoms with E-state index >= 15 is 0 Å². The smallest absolute Gasteiger partial charge is 0.459 e. The normalized spacial score (nSPS) is 14.4. The molecule has 16 heteroatoms. The molecule has 8 nitrogen and oxygen atoms in total. The second-order valence-corrected chi connectivity index (χ2v) is 10.4. The molecule has 204 valence electrons. The molecule has 36 heavy (non-hydrogen) atoms. The molecule has 0 aliphatic heterocycles. The van der Waals surface area contributed by atoms with Gasteiger partial charge in [0.05, 0.1) is 23.4 Å². The number of alkyl halides is 6. The fourth-order valence-corrected chi connectivity index (χ4v) is 5.38. The van der Waals surface area contributed by atoms with Crippen molar-refractivity contribution in [2.24, 2.45) is 0 Å². The quantitative estimate of drug-likeness (QED) is 0.158. The van der Waals surface area contributed by atoms with Gasteiger partial charge in [0.25, 0.3) is 10.0 Å². The van der Waals surface area contributed by atoms with Crippen LogP contribution in [-0.4, -0.2) is 55.4 Å². The Labute approximate surface area is 205 Å². The molecule has 0 heterocycles. The highest BCUT2D eigenvalue weighted by Crippen LogP contribution is 2.18. The van der Waals surface area contributed by atoms with Gasteiger partial charge in [-0.15, -0.1) is 4.13 Å². The van der Waals surface area contributed by atoms with Gasteiger partial charge in [-0.1, -0.05) is 30.4 Å². The predicted molar refractivity (Wildman–Crippen MR) is 115 cm³/mol. The summed E-state index contributed by atoms with van der Waals surface area (Å²) < 4.78 is 120. The fraction of sp³-hybridized carbons (Fsp3) is 0.500. The molecule has 0 aliphatic carbocycles. The standard InChI is InChI=1S/C20H23F6NO7S2/c21-19(22,23)17(28)33-13-7-2-3-9-15(10-6-8-14-34-18(29)20(24,25)26)35(30)27-36(31,32)16-11-4-1-5-12-16/h1,3-5,9,11-12,15,27H,2,6-8,10,13-14H2/b9-3+/t15-,35?/m0/s1. The van der Waals surface area contributed by atoms with Crippen molar-refractivity contribution < 1.29 is 58.0 Å². The van der Waals surface area contributed by atoms with Crippen LogP contribution >= 0.6 is 0 Å². The molecule has 1 unspecified atom stereocenters. The first-order valence-electron chi connectivity index (χ1n) is 10.3. The molecule has 1 rings (SSSR count). The lowest BCUT2D eigenvalue weighted by atomic mass is 10.1. The second kappa shape index (κ2) is 14.3. The number of rotatable bonds is 14. The van der Waals surface area contributed by atoms with Crippen molar-refractivity contribution in [3.05, 3.63) is 42.5 Å². The molecule has 0 spiro atoms. The van der Waals surface area contributed by atoms with Gasteiger partial charge >= 0.3 is 24.3 Å². The van der Waals surface area contributed by atoms with E-state index in [2.05, 4.69) is 9.47 Å². The molecule has 0 bridgehead atoms. The number of hydrogen-bond donors (Lipinski definition) is 1. The van der Waals surface area contributed by atoms with Crippen molar-refractivity contribution in [1.82, 2.24) is 4.13 Å². The zero-order chi connectivity index (χ0) is 27.4. The molecule has 1 aromatic rings. The lowest BCUT2D eigenvalue weighted by molar-refractivity contribution is -0.199. The molecule has 0 saturated heterocycles. The van der Waals surface area contributed by atoms with Gasteiger partial charge in [0.1, 0.15) is 11.0 Å². The minimum Gasteiger partial charge on any atom is -0.459 e. The van der Waals surface area contributed by atoms with E-state index in [0.29, 0.717) is 0 Å². The van der Waals surface area contributed by atoms with Crippen molar-refractivity contribution in [3.8, 4) is 0 Å². The number of allylic oxidation sites excluding steroid dienone is 1. The Morgan fingerprint density at radius 3 is 1.97 bits per heavy atom. The number of carbonyl (C=O) groups is 2. The van der Waals surface area contributed by atoms with Crippen LogP contribution < -0.4 is 4.13 Å². The van der Waals surface area contributed by atoms with Crippen LogP contribution in [0, 0.1) is 0 Å². The van der Waals surface area contributed by atoms with Gasteiger partial charge in [0, 0.05) is 0 Å². The zero-order valence-electron chi connectivity index (χ0n) is 18.5. The molecular weight excluding hydrogens is 544 g/mol. The Balaban J connectivity index is 2.70. The van der Waals surface area contributed by atoms with Crippen molar-refractivity contribution in [2.75, 3.05) is 13.2 Å². The first-order chi connectivity index (χ1) is 16.6. The van der Waals surface area contributed by atoms with Crippen LogP contribution in [0.2, 0.25) is 0 Å². The lowest BCUT2D eigenvalue weighted by Crippen LogP contribution is -2.32. The summed E-state index contributed by atoms with van der Waals surface area (Å²) in [5.41, 5.74) is 0. The van der Waals surface area contributed by atoms with E-state index < -0.39 is 63.8 Å². The minimum absolute atomic E-state index is 0.00699. The summed E-state index contributed by atoms with van der Waals surface area (Å²) in [5.74, 6) is -4.70. The minimum atomic E-state index is -5.14. The third-order valence-electron chi connectivity index (χ3n) is 4.20. The van der Waals surface area contributed by atoms with E-state index in [1.54, 1.807) is 6.07 Å². The molecular formula is C20H23F6NO7S2. The van der Waals surface area contributed by atoms with Crippen molar-refractivity contribution in [1.29, 1.82) is 0 Å². The number of nitrogens with one attached hydrogen (secondary N) is 1. The average Bonchev–Trinajstić information content (AvgIpc) is 2.78. The van der Waals surface area contributed by atoms with Gasteiger partial charge < -0.3 is 9.47 Å². The fourth-order valence-electron chi connectivity index (χ4n) is 2.48. The molecule has 0 radical (unpaired) electrons. The average molecular weight is 568 g/mol. The highest BCUT2D eigenvalue weighted by Gasteiger charge is 2.41. The van der Waals surface area contributed by atoms with Crippen molar-refractivity contribution in [2.45, 2.75) is 54.6 Å². The number of hydrogen-bond acceptors (Lipinski definition) is 7. The van der Waals surface area contributed by atoms with Gasteiger partial charge in [0.2, 0.25) is 0 Å². The van der Waals surface area contributed by atoms with Crippen LogP contribution in [0.3, 0.4) is 0 Å². The van der Waals surface area contributed by atoms with Gasteiger partial charge in [0.15, 0.2) is 0 Å². The number of ether oxygens (including phenoxy) is 2. The molecule has 1 N–H and O–H groups in total. The summed E-state index contributed by atoms with van der Waals surface area (Å²) in [6, 6.07) is 6.99. The maximum Gasteiger partial charge on any atom is 0.490 e. The maximum absolute atomic E-state index is 12.7. The highest BCUT2D eigenvalue weighted by molar-refractivity contribution is 8.02. The third-order valence-corrected chi connectivity index (χ3v) is 7.57. The van der Waals surface area contributed by atoms with E-state index in [1.165, 1.54) is 36.4 Å². The second-order valence-electron chi connectivity index (χ2n) is 7.07. The Morgan fingerprint density at radius 2 is 1.44 bits per heavy atom.